The number of fused-ring (bicyclic) bond motifs is 3. The van der Waals surface area contributed by atoms with Crippen LogP contribution in [-0.2, 0) is 15.2 Å². The maximum atomic E-state index is 15.1. The van der Waals surface area contributed by atoms with Gasteiger partial charge in [-0.1, -0.05) is 37.6 Å². The van der Waals surface area contributed by atoms with Crippen LogP contribution in [0.25, 0.3) is 5.69 Å². The zero-order valence-corrected chi connectivity index (χ0v) is 21.8. The Labute approximate surface area is 211 Å². The minimum atomic E-state index is -1.84. The topological polar surface area (TPSA) is 86.5 Å². The summed E-state index contributed by atoms with van der Waals surface area (Å²) in [5.74, 6) is -0.254. The van der Waals surface area contributed by atoms with Crippen LogP contribution in [0.2, 0.25) is 5.02 Å². The molecule has 0 saturated heterocycles. The fourth-order valence-corrected chi connectivity index (χ4v) is 4.61. The second kappa shape index (κ2) is 10.4. The molecule has 7 nitrogen and oxygen atoms in total. The molecule has 4 rings (SSSR count). The number of aromatic nitrogens is 3. The van der Waals surface area contributed by atoms with Gasteiger partial charge < -0.3 is 14.6 Å². The van der Waals surface area contributed by atoms with Crippen LogP contribution in [0.5, 0.6) is 5.75 Å². The molecule has 1 N–H and O–H groups in total. The second-order valence-electron chi connectivity index (χ2n) is 7.86. The first-order valence-corrected chi connectivity index (χ1v) is 11.9. The Bertz CT molecular complexity index is 1200. The van der Waals surface area contributed by atoms with Crippen LogP contribution < -0.4 is 4.74 Å². The molecule has 0 spiro atoms. The number of ether oxygens (including phenoxy) is 2. The van der Waals surface area contributed by atoms with Crippen molar-refractivity contribution in [3.63, 3.8) is 0 Å². The SMILES string of the molecule is CC.COc1cccc(C2O[C@H](CC(=O)O)c3nnc(C(C)(C)F)n3-c3ccc(Cl)cc32)c1Br. The summed E-state index contributed by atoms with van der Waals surface area (Å²) in [6.45, 7) is 6.74. The Hall–Kier alpha value is -2.49. The van der Waals surface area contributed by atoms with Crippen molar-refractivity contribution < 1.29 is 23.8 Å². The summed E-state index contributed by atoms with van der Waals surface area (Å²) in [6.07, 6.45) is -2.12. The average molecular weight is 555 g/mol. The number of carbonyl (C=O) groups is 1. The van der Waals surface area contributed by atoms with E-state index >= 15 is 4.39 Å². The molecular formula is C24H26BrClFN3O4. The number of methoxy groups -OCH3 is 1. The fourth-order valence-electron chi connectivity index (χ4n) is 3.79. The number of alkyl halides is 1. The van der Waals surface area contributed by atoms with E-state index in [0.29, 0.717) is 32.1 Å². The van der Waals surface area contributed by atoms with Gasteiger partial charge in [0.25, 0.3) is 0 Å². The molecular weight excluding hydrogens is 529 g/mol. The molecule has 0 aliphatic carbocycles. The Balaban J connectivity index is 0.00000158. The molecule has 1 unspecified atom stereocenters. The molecule has 2 heterocycles. The maximum Gasteiger partial charge on any atom is 0.306 e. The number of carboxylic acids is 1. The van der Waals surface area contributed by atoms with Crippen molar-refractivity contribution in [2.24, 2.45) is 0 Å². The molecule has 3 aromatic rings. The first kappa shape index (κ1) is 26.1. The molecule has 2 aromatic carbocycles. The summed E-state index contributed by atoms with van der Waals surface area (Å²) in [7, 11) is 1.55. The molecule has 0 bridgehead atoms. The van der Waals surface area contributed by atoms with Crippen LogP contribution in [-0.4, -0.2) is 33.0 Å². The maximum absolute atomic E-state index is 15.1. The van der Waals surface area contributed by atoms with E-state index in [1.54, 1.807) is 37.4 Å². The van der Waals surface area contributed by atoms with E-state index in [0.717, 1.165) is 0 Å². The quantitative estimate of drug-likeness (QED) is 0.384. The highest BCUT2D eigenvalue weighted by Gasteiger charge is 2.39. The predicted molar refractivity (Wildman–Crippen MR) is 130 cm³/mol. The molecule has 2 atom stereocenters. The number of benzene rings is 2. The van der Waals surface area contributed by atoms with E-state index in [-0.39, 0.29) is 18.1 Å². The summed E-state index contributed by atoms with van der Waals surface area (Å²) in [5, 5.41) is 18.2. The molecule has 0 radical (unpaired) electrons. The van der Waals surface area contributed by atoms with Crippen molar-refractivity contribution in [3.8, 4) is 11.4 Å². The van der Waals surface area contributed by atoms with Gasteiger partial charge in [-0.3, -0.25) is 9.36 Å². The third-order valence-electron chi connectivity index (χ3n) is 5.18. The van der Waals surface area contributed by atoms with Crippen LogP contribution in [0.15, 0.2) is 40.9 Å². The Morgan fingerprint density at radius 1 is 1.26 bits per heavy atom. The van der Waals surface area contributed by atoms with E-state index in [1.807, 2.05) is 19.9 Å². The second-order valence-corrected chi connectivity index (χ2v) is 9.09. The number of carboxylic acid groups (broad SMARTS) is 1. The van der Waals surface area contributed by atoms with Gasteiger partial charge in [0.05, 0.1) is 23.7 Å². The van der Waals surface area contributed by atoms with Crippen molar-refractivity contribution in [2.75, 3.05) is 7.11 Å². The predicted octanol–water partition coefficient (Wildman–Crippen LogP) is 6.56. The van der Waals surface area contributed by atoms with Crippen molar-refractivity contribution in [1.82, 2.24) is 14.8 Å². The number of aliphatic carboxylic acids is 1. The molecule has 0 saturated carbocycles. The highest BCUT2D eigenvalue weighted by molar-refractivity contribution is 9.10. The minimum Gasteiger partial charge on any atom is -0.496 e. The number of nitrogens with zero attached hydrogens (tertiary/aromatic N) is 3. The van der Waals surface area contributed by atoms with Crippen LogP contribution in [0, 0.1) is 0 Å². The number of rotatable bonds is 5. The lowest BCUT2D eigenvalue weighted by Crippen LogP contribution is -2.19. The summed E-state index contributed by atoms with van der Waals surface area (Å²) in [5.41, 5.74) is 0.0309. The van der Waals surface area contributed by atoms with Gasteiger partial charge in [0.2, 0.25) is 0 Å². The van der Waals surface area contributed by atoms with Crippen molar-refractivity contribution in [1.29, 1.82) is 0 Å². The minimum absolute atomic E-state index is 0.0421. The largest absolute Gasteiger partial charge is 0.496 e. The average Bonchev–Trinajstić information content (AvgIpc) is 3.19. The standard InChI is InChI=1S/C22H20BrClFN3O4.C2H6/c1-22(2,25)21-27-26-20-16(10-17(29)30)32-19(12-5-4-6-15(31-3)18(12)23)13-9-11(24)7-8-14(13)28(20)21;1-2/h4-9,16,19H,10H2,1-3H3,(H,29,30);1-2H3/t16-,19?;/m1./s1. The lowest BCUT2D eigenvalue weighted by Gasteiger charge is -2.23. The summed E-state index contributed by atoms with van der Waals surface area (Å²) in [4.78, 5) is 11.7. The van der Waals surface area contributed by atoms with E-state index in [1.165, 1.54) is 18.4 Å². The van der Waals surface area contributed by atoms with Crippen LogP contribution in [0.4, 0.5) is 4.39 Å². The van der Waals surface area contributed by atoms with Crippen LogP contribution >= 0.6 is 27.5 Å². The highest BCUT2D eigenvalue weighted by Crippen LogP contribution is 2.46. The first-order chi connectivity index (χ1) is 16.1. The zero-order valence-electron chi connectivity index (χ0n) is 19.5. The third kappa shape index (κ3) is 4.96. The van der Waals surface area contributed by atoms with Gasteiger partial charge in [-0.05, 0) is 54.0 Å². The Kier molecular flexibility index (Phi) is 8.00. The van der Waals surface area contributed by atoms with Gasteiger partial charge >= 0.3 is 5.97 Å². The fraction of sp³-hybridized carbons (Fsp3) is 0.375. The number of hydrogen-bond donors (Lipinski definition) is 1. The third-order valence-corrected chi connectivity index (χ3v) is 6.26. The molecule has 182 valence electrons. The van der Waals surface area contributed by atoms with Gasteiger partial charge in [0.15, 0.2) is 17.3 Å². The van der Waals surface area contributed by atoms with Crippen LogP contribution in [0.1, 0.15) is 69.1 Å². The van der Waals surface area contributed by atoms with Crippen molar-refractivity contribution >= 4 is 33.5 Å². The Morgan fingerprint density at radius 2 is 1.97 bits per heavy atom. The van der Waals surface area contributed by atoms with Gasteiger partial charge in [-0.25, -0.2) is 4.39 Å². The lowest BCUT2D eigenvalue weighted by molar-refractivity contribution is -0.141. The summed E-state index contributed by atoms with van der Waals surface area (Å²) >= 11 is 9.90. The normalized spacial score (nSPS) is 17.1. The van der Waals surface area contributed by atoms with Crippen LogP contribution in [0.3, 0.4) is 0 Å². The number of hydrogen-bond acceptors (Lipinski definition) is 5. The molecule has 0 amide bonds. The molecule has 34 heavy (non-hydrogen) atoms. The molecule has 1 aliphatic rings. The lowest BCUT2D eigenvalue weighted by atomic mass is 9.99. The van der Waals surface area contributed by atoms with E-state index in [2.05, 4.69) is 26.1 Å². The van der Waals surface area contributed by atoms with Gasteiger partial charge in [0, 0.05) is 16.1 Å². The zero-order chi connectivity index (χ0) is 25.2. The smallest absolute Gasteiger partial charge is 0.306 e. The monoisotopic (exact) mass is 553 g/mol. The summed E-state index contributed by atoms with van der Waals surface area (Å²) < 4.78 is 29.0. The van der Waals surface area contributed by atoms with E-state index in [9.17, 15) is 9.90 Å². The molecule has 0 fully saturated rings. The van der Waals surface area contributed by atoms with Crippen molar-refractivity contribution in [2.45, 2.75) is 52.0 Å². The molecule has 10 heteroatoms. The van der Waals surface area contributed by atoms with Gasteiger partial charge in [-0.15, -0.1) is 10.2 Å². The molecule has 1 aromatic heterocycles. The summed E-state index contributed by atoms with van der Waals surface area (Å²) in [6, 6.07) is 10.6. The molecule has 1 aliphatic heterocycles. The van der Waals surface area contributed by atoms with E-state index < -0.39 is 23.8 Å². The first-order valence-electron chi connectivity index (χ1n) is 10.8. The van der Waals surface area contributed by atoms with Gasteiger partial charge in [0.1, 0.15) is 18.0 Å². The Morgan fingerprint density at radius 3 is 2.59 bits per heavy atom. The number of halogens is 3. The highest BCUT2D eigenvalue weighted by atomic mass is 79.9. The van der Waals surface area contributed by atoms with Gasteiger partial charge in [-0.2, -0.15) is 0 Å². The van der Waals surface area contributed by atoms with Crippen molar-refractivity contribution in [3.05, 3.63) is 68.7 Å². The van der Waals surface area contributed by atoms with E-state index in [4.69, 9.17) is 21.1 Å².